The van der Waals surface area contributed by atoms with Crippen LogP contribution in [-0.4, -0.2) is 5.78 Å². The van der Waals surface area contributed by atoms with Crippen LogP contribution in [0.5, 0.6) is 0 Å². The van der Waals surface area contributed by atoms with Crippen molar-refractivity contribution in [2.45, 2.75) is 0 Å². The summed E-state index contributed by atoms with van der Waals surface area (Å²) in [6.45, 7) is 0. The Hall–Kier alpha value is -1.93. The molecule has 90 valence electrons. The summed E-state index contributed by atoms with van der Waals surface area (Å²) in [5.74, 6) is -0.792. The molecular weight excluding hydrogens is 251 g/mol. The fourth-order valence-corrected chi connectivity index (χ4v) is 1.72. The number of ketones is 1. The molecule has 2 rings (SSSR count). The maximum Gasteiger partial charge on any atom is 0.187 e. The van der Waals surface area contributed by atoms with Crippen LogP contribution in [0, 0.1) is 5.82 Å². The molecule has 0 aliphatic rings. The molecule has 0 heterocycles. The molecule has 18 heavy (non-hydrogen) atoms. The van der Waals surface area contributed by atoms with Crippen LogP contribution in [0.15, 0.2) is 54.6 Å². The lowest BCUT2D eigenvalue weighted by Crippen LogP contribution is -1.96. The van der Waals surface area contributed by atoms with Crippen LogP contribution in [0.3, 0.4) is 0 Å². The van der Waals surface area contributed by atoms with Crippen molar-refractivity contribution in [1.82, 2.24) is 0 Å². The lowest BCUT2D eigenvalue weighted by molar-refractivity contribution is 0.104. The highest BCUT2D eigenvalue weighted by Gasteiger charge is 2.08. The van der Waals surface area contributed by atoms with E-state index in [-0.39, 0.29) is 16.4 Å². The molecule has 0 N–H and O–H groups in total. The van der Waals surface area contributed by atoms with Gasteiger partial charge in [0.25, 0.3) is 0 Å². The lowest BCUT2D eigenvalue weighted by atomic mass is 10.1. The maximum absolute atomic E-state index is 13.0. The molecule has 0 aromatic heterocycles. The van der Waals surface area contributed by atoms with E-state index in [4.69, 9.17) is 11.6 Å². The fraction of sp³-hybridized carbons (Fsp3) is 0. The van der Waals surface area contributed by atoms with Gasteiger partial charge in [0.15, 0.2) is 5.78 Å². The van der Waals surface area contributed by atoms with Crippen LogP contribution in [-0.2, 0) is 0 Å². The van der Waals surface area contributed by atoms with E-state index in [0.29, 0.717) is 0 Å². The zero-order chi connectivity index (χ0) is 13.0. The molecule has 1 nitrogen and oxygen atoms in total. The molecule has 0 aliphatic carbocycles. The third-order valence-corrected chi connectivity index (χ3v) is 2.75. The molecule has 0 bridgehead atoms. The van der Waals surface area contributed by atoms with E-state index in [1.54, 1.807) is 6.08 Å². The summed E-state index contributed by atoms with van der Waals surface area (Å²) in [4.78, 5) is 11.9. The van der Waals surface area contributed by atoms with Crippen molar-refractivity contribution in [3.8, 4) is 0 Å². The Morgan fingerprint density at radius 3 is 2.56 bits per heavy atom. The molecule has 0 aliphatic heterocycles. The van der Waals surface area contributed by atoms with Gasteiger partial charge in [-0.15, -0.1) is 0 Å². The van der Waals surface area contributed by atoms with Gasteiger partial charge in [-0.25, -0.2) is 4.39 Å². The first kappa shape index (κ1) is 12.5. The SMILES string of the molecule is O=C(/C=C/c1ccccc1)c1cc(F)ccc1Cl. The van der Waals surface area contributed by atoms with E-state index in [9.17, 15) is 9.18 Å². The standard InChI is InChI=1S/C15H10ClFO/c16-14-8-7-12(17)10-13(14)15(18)9-6-11-4-2-1-3-5-11/h1-10H/b9-6+. The predicted octanol–water partition coefficient (Wildman–Crippen LogP) is 4.38. The smallest absolute Gasteiger partial charge is 0.187 e. The third kappa shape index (κ3) is 3.05. The summed E-state index contributed by atoms with van der Waals surface area (Å²) in [5, 5.41) is 0.249. The number of halogens is 2. The predicted molar refractivity (Wildman–Crippen MR) is 71.2 cm³/mol. The van der Waals surface area contributed by atoms with Crippen LogP contribution < -0.4 is 0 Å². The normalized spacial score (nSPS) is 10.8. The fourth-order valence-electron chi connectivity index (χ4n) is 1.51. The lowest BCUT2D eigenvalue weighted by Gasteiger charge is -1.99. The van der Waals surface area contributed by atoms with Crippen LogP contribution >= 0.6 is 11.6 Å². The molecule has 0 spiro atoms. The molecule has 0 radical (unpaired) electrons. The third-order valence-electron chi connectivity index (χ3n) is 2.42. The highest BCUT2D eigenvalue weighted by molar-refractivity contribution is 6.34. The number of hydrogen-bond donors (Lipinski definition) is 0. The Morgan fingerprint density at radius 2 is 1.83 bits per heavy atom. The number of hydrogen-bond acceptors (Lipinski definition) is 1. The monoisotopic (exact) mass is 260 g/mol. The number of carbonyl (C=O) groups excluding carboxylic acids is 1. The van der Waals surface area contributed by atoms with Crippen molar-refractivity contribution >= 4 is 23.5 Å². The second-order valence-corrected chi connectivity index (χ2v) is 4.14. The summed E-state index contributed by atoms with van der Waals surface area (Å²) in [7, 11) is 0. The Labute approximate surface area is 110 Å². The summed E-state index contributed by atoms with van der Waals surface area (Å²) in [6, 6.07) is 13.1. The largest absolute Gasteiger partial charge is 0.289 e. The molecule has 0 saturated carbocycles. The molecule has 0 fully saturated rings. The van der Waals surface area contributed by atoms with Crippen molar-refractivity contribution < 1.29 is 9.18 Å². The van der Waals surface area contributed by atoms with Crippen molar-refractivity contribution in [2.75, 3.05) is 0 Å². The van der Waals surface area contributed by atoms with Gasteiger partial charge in [-0.05, 0) is 29.8 Å². The van der Waals surface area contributed by atoms with Gasteiger partial charge >= 0.3 is 0 Å². The highest BCUT2D eigenvalue weighted by Crippen LogP contribution is 2.18. The second kappa shape index (κ2) is 5.61. The summed E-state index contributed by atoms with van der Waals surface area (Å²) in [5.41, 5.74) is 1.07. The highest BCUT2D eigenvalue weighted by atomic mass is 35.5. The summed E-state index contributed by atoms with van der Waals surface area (Å²) in [6.07, 6.45) is 3.06. The van der Waals surface area contributed by atoms with Gasteiger partial charge in [0, 0.05) is 5.56 Å². The van der Waals surface area contributed by atoms with Crippen molar-refractivity contribution in [2.24, 2.45) is 0 Å². The Bertz CT molecular complexity index is 591. The Morgan fingerprint density at radius 1 is 1.11 bits per heavy atom. The van der Waals surface area contributed by atoms with E-state index in [0.717, 1.165) is 11.6 Å². The Kier molecular flexibility index (Phi) is 3.90. The summed E-state index contributed by atoms with van der Waals surface area (Å²) < 4.78 is 13.0. The molecule has 2 aromatic rings. The van der Waals surface area contributed by atoms with Crippen LogP contribution in [0.25, 0.3) is 6.08 Å². The van der Waals surface area contributed by atoms with Crippen molar-refractivity contribution in [1.29, 1.82) is 0 Å². The Balaban J connectivity index is 2.22. The molecule has 0 atom stereocenters. The van der Waals surface area contributed by atoms with Gasteiger partial charge in [0.05, 0.1) is 5.02 Å². The minimum Gasteiger partial charge on any atom is -0.289 e. The molecule has 0 saturated heterocycles. The quantitative estimate of drug-likeness (QED) is 0.591. The minimum atomic E-state index is -0.476. The first-order valence-corrected chi connectivity index (χ1v) is 5.77. The van der Waals surface area contributed by atoms with Crippen molar-refractivity contribution in [3.05, 3.63) is 76.6 Å². The minimum absolute atomic E-state index is 0.170. The number of carbonyl (C=O) groups is 1. The molecule has 0 unspecified atom stereocenters. The van der Waals surface area contributed by atoms with Gasteiger partial charge in [0.1, 0.15) is 5.82 Å². The number of rotatable bonds is 3. The molecular formula is C15H10ClFO. The van der Waals surface area contributed by atoms with Crippen LogP contribution in [0.1, 0.15) is 15.9 Å². The first-order valence-electron chi connectivity index (χ1n) is 5.39. The number of allylic oxidation sites excluding steroid dienone is 1. The van der Waals surface area contributed by atoms with Crippen LogP contribution in [0.4, 0.5) is 4.39 Å². The van der Waals surface area contributed by atoms with Gasteiger partial charge in [-0.2, -0.15) is 0 Å². The summed E-state index contributed by atoms with van der Waals surface area (Å²) >= 11 is 5.85. The zero-order valence-corrected chi connectivity index (χ0v) is 10.2. The second-order valence-electron chi connectivity index (χ2n) is 3.73. The van der Waals surface area contributed by atoms with E-state index in [1.165, 1.54) is 18.2 Å². The average Bonchev–Trinajstić information content (AvgIpc) is 2.40. The van der Waals surface area contributed by atoms with Gasteiger partial charge in [-0.1, -0.05) is 48.0 Å². The average molecular weight is 261 g/mol. The van der Waals surface area contributed by atoms with Crippen molar-refractivity contribution in [3.63, 3.8) is 0 Å². The maximum atomic E-state index is 13.0. The van der Waals surface area contributed by atoms with E-state index in [2.05, 4.69) is 0 Å². The zero-order valence-electron chi connectivity index (χ0n) is 9.44. The van der Waals surface area contributed by atoms with Gasteiger partial charge in [0.2, 0.25) is 0 Å². The molecule has 3 heteroatoms. The van der Waals surface area contributed by atoms with E-state index < -0.39 is 5.82 Å². The number of benzene rings is 2. The van der Waals surface area contributed by atoms with Gasteiger partial charge < -0.3 is 0 Å². The van der Waals surface area contributed by atoms with Crippen LogP contribution in [0.2, 0.25) is 5.02 Å². The molecule has 0 amide bonds. The topological polar surface area (TPSA) is 17.1 Å². The first-order chi connectivity index (χ1) is 8.66. The molecule has 2 aromatic carbocycles. The van der Waals surface area contributed by atoms with E-state index >= 15 is 0 Å². The van der Waals surface area contributed by atoms with E-state index in [1.807, 2.05) is 30.3 Å². The van der Waals surface area contributed by atoms with Gasteiger partial charge in [-0.3, -0.25) is 4.79 Å².